The van der Waals surface area contributed by atoms with Crippen molar-refractivity contribution in [3.8, 4) is 0 Å². The number of benzene rings is 1. The summed E-state index contributed by atoms with van der Waals surface area (Å²) in [5.41, 5.74) is 9.22. The fourth-order valence-corrected chi connectivity index (χ4v) is 5.21. The van der Waals surface area contributed by atoms with E-state index in [4.69, 9.17) is 17.3 Å². The van der Waals surface area contributed by atoms with Crippen LogP contribution in [0.4, 0.5) is 5.95 Å². The molecule has 1 aromatic heterocycles. The Balaban J connectivity index is 1.51. The summed E-state index contributed by atoms with van der Waals surface area (Å²) in [6, 6.07) is 8.16. The van der Waals surface area contributed by atoms with Crippen LogP contribution in [0.5, 0.6) is 0 Å². The summed E-state index contributed by atoms with van der Waals surface area (Å²) in [5, 5.41) is 3.34. The van der Waals surface area contributed by atoms with Gasteiger partial charge in [-0.05, 0) is 50.3 Å². The van der Waals surface area contributed by atoms with Gasteiger partial charge in [0.1, 0.15) is 0 Å². The third-order valence-electron chi connectivity index (χ3n) is 6.70. The molecule has 7 nitrogen and oxygen atoms in total. The Hall–Kier alpha value is -2.51. The number of aromatic nitrogens is 2. The number of rotatable bonds is 4. The Bertz CT molecular complexity index is 1020. The summed E-state index contributed by atoms with van der Waals surface area (Å²) < 4.78 is 0. The van der Waals surface area contributed by atoms with Gasteiger partial charge >= 0.3 is 0 Å². The maximum Gasteiger partial charge on any atom is 0.257 e. The fraction of sp³-hybridized carbons (Fsp3) is 0.478. The van der Waals surface area contributed by atoms with E-state index in [-0.39, 0.29) is 29.2 Å². The Morgan fingerprint density at radius 2 is 2.06 bits per heavy atom. The van der Waals surface area contributed by atoms with Crippen LogP contribution in [0.1, 0.15) is 59.9 Å². The van der Waals surface area contributed by atoms with Crippen LogP contribution >= 0.6 is 11.6 Å². The van der Waals surface area contributed by atoms with Crippen molar-refractivity contribution in [3.63, 3.8) is 0 Å². The van der Waals surface area contributed by atoms with Gasteiger partial charge in [-0.25, -0.2) is 9.97 Å². The van der Waals surface area contributed by atoms with E-state index in [1.54, 1.807) is 6.92 Å². The van der Waals surface area contributed by atoms with Crippen LogP contribution in [0, 0.1) is 6.92 Å². The molecule has 0 atom stereocenters. The van der Waals surface area contributed by atoms with Gasteiger partial charge in [0.15, 0.2) is 0 Å². The molecule has 1 aliphatic heterocycles. The predicted molar refractivity (Wildman–Crippen MR) is 120 cm³/mol. The monoisotopic (exact) mass is 441 g/mol. The molecule has 2 aromatic rings. The van der Waals surface area contributed by atoms with E-state index in [0.29, 0.717) is 36.5 Å². The largest absolute Gasteiger partial charge is 0.335 e. The summed E-state index contributed by atoms with van der Waals surface area (Å²) in [6.45, 7) is 4.40. The molecule has 31 heavy (non-hydrogen) atoms. The molecule has 3 N–H and O–H groups in total. The second-order valence-electron chi connectivity index (χ2n) is 8.61. The van der Waals surface area contributed by atoms with Crippen molar-refractivity contribution in [2.75, 3.05) is 18.4 Å². The Labute approximate surface area is 187 Å². The maximum atomic E-state index is 13.3. The molecule has 1 aliphatic carbocycles. The van der Waals surface area contributed by atoms with Crippen molar-refractivity contribution < 1.29 is 9.59 Å². The highest BCUT2D eigenvalue weighted by atomic mass is 35.5. The van der Waals surface area contributed by atoms with E-state index in [9.17, 15) is 9.59 Å². The molecular formula is C23H28ClN5O2. The normalized spacial score (nSPS) is 23.4. The van der Waals surface area contributed by atoms with Gasteiger partial charge in [0.2, 0.25) is 11.9 Å². The lowest BCUT2D eigenvalue weighted by atomic mass is 9.68. The zero-order valence-electron chi connectivity index (χ0n) is 17.9. The summed E-state index contributed by atoms with van der Waals surface area (Å²) in [7, 11) is 0. The Kier molecular flexibility index (Phi) is 5.99. The number of anilines is 1. The van der Waals surface area contributed by atoms with Gasteiger partial charge in [-0.15, -0.1) is 0 Å². The number of nitrogens with zero attached hydrogens (tertiary/aromatic N) is 3. The van der Waals surface area contributed by atoms with E-state index in [1.807, 2.05) is 23.1 Å². The zero-order valence-corrected chi connectivity index (χ0v) is 18.7. The average Bonchev–Trinajstić information content (AvgIpc) is 2.73. The number of aryl methyl sites for hydroxylation is 1. The van der Waals surface area contributed by atoms with Crippen molar-refractivity contribution in [1.82, 2.24) is 14.9 Å². The molecule has 1 saturated carbocycles. The van der Waals surface area contributed by atoms with E-state index < -0.39 is 0 Å². The molecule has 164 valence electrons. The number of hydrogen-bond acceptors (Lipinski definition) is 5. The molecule has 2 heterocycles. The van der Waals surface area contributed by atoms with Gasteiger partial charge in [0.05, 0.1) is 17.0 Å². The van der Waals surface area contributed by atoms with Crippen molar-refractivity contribution in [2.45, 2.75) is 57.4 Å². The van der Waals surface area contributed by atoms with Gasteiger partial charge < -0.3 is 10.6 Å². The molecule has 0 bridgehead atoms. The minimum absolute atomic E-state index is 0.0128. The molecule has 2 aliphatic rings. The Morgan fingerprint density at radius 1 is 1.32 bits per heavy atom. The minimum Gasteiger partial charge on any atom is -0.335 e. The lowest BCUT2D eigenvalue weighted by Gasteiger charge is -2.44. The molecular weight excluding hydrogens is 414 g/mol. The predicted octanol–water partition coefficient (Wildman–Crippen LogP) is 3.23. The van der Waals surface area contributed by atoms with Gasteiger partial charge in [-0.3, -0.25) is 14.9 Å². The molecule has 0 spiro atoms. The quantitative estimate of drug-likeness (QED) is 0.758. The highest BCUT2D eigenvalue weighted by molar-refractivity contribution is 6.30. The summed E-state index contributed by atoms with van der Waals surface area (Å²) in [5.74, 6) is 0.0199. The Morgan fingerprint density at radius 3 is 2.71 bits per heavy atom. The van der Waals surface area contributed by atoms with Crippen molar-refractivity contribution in [2.24, 2.45) is 5.73 Å². The van der Waals surface area contributed by atoms with Crippen LogP contribution in [0.2, 0.25) is 5.02 Å². The van der Waals surface area contributed by atoms with Gasteiger partial charge in [0, 0.05) is 42.9 Å². The number of nitrogens with two attached hydrogens (primary N) is 1. The van der Waals surface area contributed by atoms with E-state index in [1.165, 1.54) is 12.5 Å². The second kappa shape index (κ2) is 8.55. The number of fused-ring (bicyclic) bond motifs is 1. The molecule has 1 fully saturated rings. The van der Waals surface area contributed by atoms with E-state index in [2.05, 4.69) is 21.4 Å². The molecule has 0 radical (unpaired) electrons. The molecule has 4 rings (SSSR count). The van der Waals surface area contributed by atoms with E-state index >= 15 is 0 Å². The summed E-state index contributed by atoms with van der Waals surface area (Å²) in [6.07, 6.45) is 4.29. The standard InChI is InChI=1S/C23H28ClN5O2/c1-14-20-19(28-22(26-14)27-15(2)30)8-11-29(21(20)31)18-6-9-23(13-25,10-7-18)16-4-3-5-17(24)12-16/h3-5,12,18H,6-11,13,25H2,1-2H3,(H,26,27,28,30)/t18-,23+. The van der Waals surface area contributed by atoms with Crippen LogP contribution in [0.3, 0.4) is 0 Å². The van der Waals surface area contributed by atoms with Crippen LogP contribution in [0.25, 0.3) is 0 Å². The first kappa shape index (κ1) is 21.7. The third-order valence-corrected chi connectivity index (χ3v) is 6.93. The van der Waals surface area contributed by atoms with Crippen molar-refractivity contribution in [3.05, 3.63) is 51.8 Å². The molecule has 8 heteroatoms. The van der Waals surface area contributed by atoms with Crippen molar-refractivity contribution in [1.29, 1.82) is 0 Å². The lowest BCUT2D eigenvalue weighted by Crippen LogP contribution is -2.50. The maximum absolute atomic E-state index is 13.3. The number of nitrogens with one attached hydrogen (secondary N) is 1. The molecule has 2 amide bonds. The van der Waals surface area contributed by atoms with Crippen LogP contribution in [-0.4, -0.2) is 45.8 Å². The van der Waals surface area contributed by atoms with Gasteiger partial charge in [-0.2, -0.15) is 0 Å². The van der Waals surface area contributed by atoms with Crippen molar-refractivity contribution >= 4 is 29.4 Å². The lowest BCUT2D eigenvalue weighted by molar-refractivity contribution is -0.114. The molecule has 1 aromatic carbocycles. The number of hydrogen-bond donors (Lipinski definition) is 2. The number of carbonyl (C=O) groups excluding carboxylic acids is 2. The molecule has 0 saturated heterocycles. The van der Waals surface area contributed by atoms with Crippen LogP contribution in [0.15, 0.2) is 24.3 Å². The number of amides is 2. The summed E-state index contributed by atoms with van der Waals surface area (Å²) >= 11 is 6.23. The average molecular weight is 442 g/mol. The molecule has 0 unspecified atom stereocenters. The van der Waals surface area contributed by atoms with E-state index in [0.717, 1.165) is 30.7 Å². The highest BCUT2D eigenvalue weighted by Gasteiger charge is 2.40. The summed E-state index contributed by atoms with van der Waals surface area (Å²) in [4.78, 5) is 35.4. The first-order valence-corrected chi connectivity index (χ1v) is 11.1. The second-order valence-corrected chi connectivity index (χ2v) is 9.05. The number of halogens is 1. The zero-order chi connectivity index (χ0) is 22.2. The third kappa shape index (κ3) is 4.16. The van der Waals surface area contributed by atoms with Gasteiger partial charge in [-0.1, -0.05) is 23.7 Å². The first-order valence-electron chi connectivity index (χ1n) is 10.8. The first-order chi connectivity index (χ1) is 14.8. The smallest absolute Gasteiger partial charge is 0.257 e. The SMILES string of the molecule is CC(=O)Nc1nc(C)c2c(n1)CCN([C@H]1CC[C@@](CN)(c3cccc(Cl)c3)CC1)C2=O. The minimum atomic E-state index is -0.228. The fourth-order valence-electron chi connectivity index (χ4n) is 5.02. The van der Waals surface area contributed by atoms with Crippen LogP contribution < -0.4 is 11.1 Å². The topological polar surface area (TPSA) is 101 Å². The highest BCUT2D eigenvalue weighted by Crippen LogP contribution is 2.41. The number of carbonyl (C=O) groups is 2. The van der Waals surface area contributed by atoms with Gasteiger partial charge in [0.25, 0.3) is 5.91 Å². The van der Waals surface area contributed by atoms with Crippen LogP contribution in [-0.2, 0) is 16.6 Å².